The maximum atomic E-state index is 13.7. The number of halogens is 3. The predicted molar refractivity (Wildman–Crippen MR) is 98.7 cm³/mol. The molecular formula is C19H24F3N5O2. The van der Waals surface area contributed by atoms with Crippen LogP contribution in [0.5, 0.6) is 0 Å². The molecule has 3 atom stereocenters. The molecule has 1 saturated heterocycles. The number of nitrogens with one attached hydrogen (secondary N) is 1. The Hall–Kier alpha value is -2.52. The van der Waals surface area contributed by atoms with E-state index in [1.807, 2.05) is 0 Å². The van der Waals surface area contributed by atoms with Gasteiger partial charge in [0.25, 0.3) is 5.91 Å². The minimum atomic E-state index is -4.38. The van der Waals surface area contributed by atoms with Gasteiger partial charge in [-0.3, -0.25) is 4.79 Å². The number of aromatic nitrogens is 3. The van der Waals surface area contributed by atoms with Crippen LogP contribution in [0, 0.1) is 26.7 Å². The van der Waals surface area contributed by atoms with Crippen LogP contribution in [0.2, 0.25) is 0 Å². The highest BCUT2D eigenvalue weighted by molar-refractivity contribution is 5.96. The Morgan fingerprint density at radius 3 is 2.72 bits per heavy atom. The number of likely N-dealkylation sites (tertiary alicyclic amines) is 1. The first-order chi connectivity index (χ1) is 13.6. The van der Waals surface area contributed by atoms with Crippen LogP contribution in [0.15, 0.2) is 10.6 Å². The molecule has 2 aromatic heterocycles. The van der Waals surface area contributed by atoms with Crippen molar-refractivity contribution in [3.63, 3.8) is 0 Å². The van der Waals surface area contributed by atoms with Gasteiger partial charge in [0.15, 0.2) is 6.04 Å². The fraction of sp³-hybridized carbons (Fsp3) is 0.632. The van der Waals surface area contributed by atoms with Gasteiger partial charge in [-0.15, -0.1) is 0 Å². The fourth-order valence-corrected chi connectivity index (χ4v) is 4.50. The second-order valence-corrected chi connectivity index (χ2v) is 8.01. The van der Waals surface area contributed by atoms with Gasteiger partial charge < -0.3 is 14.7 Å². The second-order valence-electron chi connectivity index (χ2n) is 8.01. The Morgan fingerprint density at radius 2 is 2.07 bits per heavy atom. The Labute approximate surface area is 166 Å². The van der Waals surface area contributed by atoms with E-state index >= 15 is 0 Å². The van der Waals surface area contributed by atoms with E-state index in [-0.39, 0.29) is 24.3 Å². The average Bonchev–Trinajstić information content (AvgIpc) is 3.20. The number of amides is 1. The minimum absolute atomic E-state index is 0.0815. The van der Waals surface area contributed by atoms with Crippen LogP contribution in [0.4, 0.5) is 19.0 Å². The van der Waals surface area contributed by atoms with Crippen molar-refractivity contribution in [2.75, 3.05) is 18.4 Å². The smallest absolute Gasteiger partial charge is 0.367 e. The maximum absolute atomic E-state index is 13.7. The van der Waals surface area contributed by atoms with E-state index in [0.29, 0.717) is 41.6 Å². The lowest BCUT2D eigenvalue weighted by molar-refractivity contribution is -0.174. The van der Waals surface area contributed by atoms with Crippen LogP contribution in [0.3, 0.4) is 0 Å². The third-order valence-corrected chi connectivity index (χ3v) is 5.90. The summed E-state index contributed by atoms with van der Waals surface area (Å²) in [6.45, 7) is 6.06. The first-order valence-corrected chi connectivity index (χ1v) is 9.76. The van der Waals surface area contributed by atoms with Crippen LogP contribution in [-0.2, 0) is 0 Å². The molecule has 29 heavy (non-hydrogen) atoms. The second kappa shape index (κ2) is 7.07. The van der Waals surface area contributed by atoms with Gasteiger partial charge in [-0.2, -0.15) is 18.3 Å². The van der Waals surface area contributed by atoms with E-state index in [1.54, 1.807) is 31.7 Å². The molecule has 1 fully saturated rings. The first-order valence-electron chi connectivity index (χ1n) is 9.76. The number of piperidine rings is 1. The Balaban J connectivity index is 1.55. The molecule has 0 bridgehead atoms. The topological polar surface area (TPSA) is 76.2 Å². The van der Waals surface area contributed by atoms with Gasteiger partial charge >= 0.3 is 6.18 Å². The van der Waals surface area contributed by atoms with Gasteiger partial charge in [0.2, 0.25) is 0 Å². The molecule has 0 aromatic carbocycles. The van der Waals surface area contributed by atoms with E-state index in [4.69, 9.17) is 4.52 Å². The van der Waals surface area contributed by atoms with E-state index in [1.165, 1.54) is 0 Å². The molecule has 10 heteroatoms. The Kier molecular flexibility index (Phi) is 4.82. The van der Waals surface area contributed by atoms with Gasteiger partial charge in [0, 0.05) is 25.2 Å². The van der Waals surface area contributed by atoms with E-state index in [9.17, 15) is 18.0 Å². The summed E-state index contributed by atoms with van der Waals surface area (Å²) in [5.41, 5.74) is 1.52. The SMILES string of the molecule is Cc1cc2n(n1)[C@@H](C(F)(F)F)C[C@@H](C1CCCN(C(=O)c3c(C)noc3C)C1)N2. The number of alkyl halides is 3. The predicted octanol–water partition coefficient (Wildman–Crippen LogP) is 3.64. The Bertz CT molecular complexity index is 900. The highest BCUT2D eigenvalue weighted by Gasteiger charge is 2.48. The zero-order chi connectivity index (χ0) is 20.9. The fourth-order valence-electron chi connectivity index (χ4n) is 4.50. The largest absolute Gasteiger partial charge is 0.410 e. The molecule has 2 aliphatic heterocycles. The number of fused-ring (bicyclic) bond motifs is 1. The van der Waals surface area contributed by atoms with Crippen molar-refractivity contribution in [2.45, 2.75) is 58.3 Å². The standard InChI is InChI=1S/C19H24F3N5O2/c1-10-7-16-23-14(8-15(19(20,21)22)27(16)24-10)13-5-4-6-26(9-13)18(28)17-11(2)25-29-12(17)3/h7,13-15,23H,4-6,8-9H2,1-3H3/t13?,14-,15+/m0/s1. The summed E-state index contributed by atoms with van der Waals surface area (Å²) in [5.74, 6) is 0.592. The molecule has 0 spiro atoms. The first kappa shape index (κ1) is 19.8. The normalized spacial score (nSPS) is 24.9. The maximum Gasteiger partial charge on any atom is 0.410 e. The van der Waals surface area contributed by atoms with E-state index in [0.717, 1.165) is 17.5 Å². The van der Waals surface area contributed by atoms with E-state index in [2.05, 4.69) is 15.6 Å². The van der Waals surface area contributed by atoms with Crippen LogP contribution >= 0.6 is 0 Å². The van der Waals surface area contributed by atoms with Gasteiger partial charge in [0.05, 0.1) is 11.4 Å². The highest BCUT2D eigenvalue weighted by Crippen LogP contribution is 2.42. The summed E-state index contributed by atoms with van der Waals surface area (Å²) < 4.78 is 47.2. The number of nitrogens with zero attached hydrogens (tertiary/aromatic N) is 4. The summed E-state index contributed by atoms with van der Waals surface area (Å²) in [6, 6.07) is -0.405. The zero-order valence-electron chi connectivity index (χ0n) is 16.6. The summed E-state index contributed by atoms with van der Waals surface area (Å²) in [5, 5.41) is 11.1. The zero-order valence-corrected chi connectivity index (χ0v) is 16.6. The summed E-state index contributed by atoms with van der Waals surface area (Å²) >= 11 is 0. The quantitative estimate of drug-likeness (QED) is 0.817. The summed E-state index contributed by atoms with van der Waals surface area (Å²) in [4.78, 5) is 14.7. The lowest BCUT2D eigenvalue weighted by Gasteiger charge is -2.41. The van der Waals surface area contributed by atoms with Crippen molar-refractivity contribution in [1.82, 2.24) is 19.8 Å². The number of anilines is 1. The van der Waals surface area contributed by atoms with Crippen LogP contribution in [0.1, 0.15) is 52.8 Å². The number of hydrogen-bond donors (Lipinski definition) is 1. The number of aryl methyl sites for hydroxylation is 3. The van der Waals surface area contributed by atoms with Gasteiger partial charge in [-0.1, -0.05) is 5.16 Å². The number of hydrogen-bond acceptors (Lipinski definition) is 5. The third-order valence-electron chi connectivity index (χ3n) is 5.90. The van der Waals surface area contributed by atoms with Crippen LogP contribution < -0.4 is 5.32 Å². The highest BCUT2D eigenvalue weighted by atomic mass is 19.4. The van der Waals surface area contributed by atoms with Crippen molar-refractivity contribution in [3.05, 3.63) is 28.8 Å². The van der Waals surface area contributed by atoms with Crippen molar-refractivity contribution in [3.8, 4) is 0 Å². The summed E-state index contributed by atoms with van der Waals surface area (Å²) in [7, 11) is 0. The van der Waals surface area contributed by atoms with Gasteiger partial charge in [-0.05, 0) is 46.0 Å². The number of rotatable bonds is 2. The molecule has 158 valence electrons. The van der Waals surface area contributed by atoms with Crippen molar-refractivity contribution >= 4 is 11.7 Å². The van der Waals surface area contributed by atoms with Gasteiger partial charge in [0.1, 0.15) is 17.1 Å². The molecule has 1 unspecified atom stereocenters. The molecule has 4 rings (SSSR count). The minimum Gasteiger partial charge on any atom is -0.367 e. The van der Waals surface area contributed by atoms with E-state index < -0.39 is 12.2 Å². The van der Waals surface area contributed by atoms with Gasteiger partial charge in [-0.25, -0.2) is 4.68 Å². The number of carbonyl (C=O) groups excluding carboxylic acids is 1. The van der Waals surface area contributed by atoms with Crippen molar-refractivity contribution < 1.29 is 22.5 Å². The van der Waals surface area contributed by atoms with Crippen LogP contribution in [-0.4, -0.2) is 51.1 Å². The van der Waals surface area contributed by atoms with Crippen molar-refractivity contribution in [2.24, 2.45) is 5.92 Å². The summed E-state index contributed by atoms with van der Waals surface area (Å²) in [6.07, 6.45) is -2.97. The molecule has 7 nitrogen and oxygen atoms in total. The average molecular weight is 411 g/mol. The molecule has 1 N–H and O–H groups in total. The molecule has 1 amide bonds. The monoisotopic (exact) mass is 411 g/mol. The molecule has 2 aliphatic rings. The molecule has 0 saturated carbocycles. The molecule has 0 aliphatic carbocycles. The van der Waals surface area contributed by atoms with Crippen molar-refractivity contribution in [1.29, 1.82) is 0 Å². The third kappa shape index (κ3) is 3.60. The Morgan fingerprint density at radius 1 is 1.31 bits per heavy atom. The molecule has 4 heterocycles. The molecular weight excluding hydrogens is 387 g/mol. The molecule has 0 radical (unpaired) electrons. The lowest BCUT2D eigenvalue weighted by atomic mass is 9.85. The molecule has 2 aromatic rings. The lowest BCUT2D eigenvalue weighted by Crippen LogP contribution is -2.49. The van der Waals surface area contributed by atoms with Crippen LogP contribution in [0.25, 0.3) is 0 Å². The number of carbonyl (C=O) groups is 1.